The van der Waals surface area contributed by atoms with Crippen LogP contribution >= 0.6 is 11.8 Å². The zero-order valence-electron chi connectivity index (χ0n) is 17.6. The first-order valence-electron chi connectivity index (χ1n) is 10.3. The van der Waals surface area contributed by atoms with E-state index in [1.807, 2.05) is 42.3 Å². The van der Waals surface area contributed by atoms with E-state index >= 15 is 0 Å². The molecule has 2 amide bonds. The molecule has 1 heterocycles. The summed E-state index contributed by atoms with van der Waals surface area (Å²) < 4.78 is 5.24. The summed E-state index contributed by atoms with van der Waals surface area (Å²) in [6, 6.07) is 11.4. The number of aromatic nitrogens is 1. The van der Waals surface area contributed by atoms with Crippen molar-refractivity contribution < 1.29 is 14.3 Å². The first-order valence-corrected chi connectivity index (χ1v) is 11.3. The molecule has 0 unspecified atom stereocenters. The van der Waals surface area contributed by atoms with Gasteiger partial charge in [-0.2, -0.15) is 0 Å². The van der Waals surface area contributed by atoms with Crippen LogP contribution in [0.3, 0.4) is 0 Å². The maximum atomic E-state index is 12.8. The number of nitrogens with one attached hydrogen (secondary N) is 1. The molecule has 1 aromatic carbocycles. The molecule has 6 nitrogen and oxygen atoms in total. The first kappa shape index (κ1) is 22.2. The molecule has 7 heteroatoms. The number of pyridine rings is 1. The fourth-order valence-corrected chi connectivity index (χ4v) is 4.68. The van der Waals surface area contributed by atoms with Crippen LogP contribution in [0.25, 0.3) is 0 Å². The van der Waals surface area contributed by atoms with E-state index in [9.17, 15) is 9.59 Å². The topological polar surface area (TPSA) is 71.5 Å². The highest BCUT2D eigenvalue weighted by Crippen LogP contribution is 2.26. The Morgan fingerprint density at radius 3 is 2.70 bits per heavy atom. The Bertz CT molecular complexity index is 868. The largest absolute Gasteiger partial charge is 0.481 e. The number of carbonyl (C=O) groups excluding carboxylic acids is 2. The van der Waals surface area contributed by atoms with Gasteiger partial charge in [0.15, 0.2) is 0 Å². The van der Waals surface area contributed by atoms with E-state index in [-0.39, 0.29) is 11.8 Å². The monoisotopic (exact) mass is 427 g/mol. The first-order chi connectivity index (χ1) is 14.6. The minimum absolute atomic E-state index is 0.113. The van der Waals surface area contributed by atoms with Crippen LogP contribution in [-0.2, 0) is 11.3 Å². The number of nitrogens with zero attached hydrogens (tertiary/aromatic N) is 2. The molecule has 0 bridgehead atoms. The quantitative estimate of drug-likeness (QED) is 0.647. The lowest BCUT2D eigenvalue weighted by Gasteiger charge is -2.31. The van der Waals surface area contributed by atoms with Crippen molar-refractivity contribution in [3.8, 4) is 5.88 Å². The molecule has 2 aromatic rings. The normalized spacial score (nSPS) is 14.2. The van der Waals surface area contributed by atoms with Gasteiger partial charge in [0.1, 0.15) is 0 Å². The second kappa shape index (κ2) is 11.0. The average molecular weight is 428 g/mol. The zero-order chi connectivity index (χ0) is 21.3. The zero-order valence-corrected chi connectivity index (χ0v) is 18.4. The van der Waals surface area contributed by atoms with Crippen LogP contribution < -0.4 is 10.1 Å². The SMILES string of the molecule is COc1ncccc1CNC(=O)c1ccccc1SCC(=O)N(C)C1CCCCC1. The molecular formula is C23H29N3O3S. The number of ether oxygens (including phenoxy) is 1. The molecule has 1 saturated carbocycles. The fourth-order valence-electron chi connectivity index (χ4n) is 3.71. The van der Waals surface area contributed by atoms with Crippen molar-refractivity contribution in [3.05, 3.63) is 53.7 Å². The summed E-state index contributed by atoms with van der Waals surface area (Å²) in [6.45, 7) is 0.318. The number of hydrogen-bond donors (Lipinski definition) is 1. The van der Waals surface area contributed by atoms with Crippen molar-refractivity contribution in [1.82, 2.24) is 15.2 Å². The summed E-state index contributed by atoms with van der Waals surface area (Å²) >= 11 is 1.42. The maximum absolute atomic E-state index is 12.8. The van der Waals surface area contributed by atoms with Crippen LogP contribution in [0, 0.1) is 0 Å². The van der Waals surface area contributed by atoms with Crippen molar-refractivity contribution in [3.63, 3.8) is 0 Å². The maximum Gasteiger partial charge on any atom is 0.252 e. The predicted molar refractivity (Wildman–Crippen MR) is 119 cm³/mol. The van der Waals surface area contributed by atoms with Crippen molar-refractivity contribution in [2.75, 3.05) is 19.9 Å². The molecule has 1 fully saturated rings. The van der Waals surface area contributed by atoms with Crippen LogP contribution in [-0.4, -0.2) is 47.7 Å². The standard InChI is InChI=1S/C23H29N3O3S/c1-26(18-10-4-3-5-11-18)21(27)16-30-20-13-7-6-12-19(20)22(28)25-15-17-9-8-14-24-23(17)29-2/h6-9,12-14,18H,3-5,10-11,15-16H2,1-2H3,(H,25,28). The van der Waals surface area contributed by atoms with Gasteiger partial charge < -0.3 is 15.0 Å². The van der Waals surface area contributed by atoms with Crippen molar-refractivity contribution in [2.24, 2.45) is 0 Å². The van der Waals surface area contributed by atoms with Gasteiger partial charge in [-0.05, 0) is 31.0 Å². The highest BCUT2D eigenvalue weighted by molar-refractivity contribution is 8.00. The highest BCUT2D eigenvalue weighted by atomic mass is 32.2. The summed E-state index contributed by atoms with van der Waals surface area (Å²) in [5, 5.41) is 2.92. The third-order valence-electron chi connectivity index (χ3n) is 5.48. The molecule has 1 N–H and O–H groups in total. The number of carbonyl (C=O) groups is 2. The molecule has 1 aromatic heterocycles. The van der Waals surface area contributed by atoms with Crippen LogP contribution in [0.1, 0.15) is 48.0 Å². The lowest BCUT2D eigenvalue weighted by molar-refractivity contribution is -0.129. The van der Waals surface area contributed by atoms with Crippen molar-refractivity contribution >= 4 is 23.6 Å². The summed E-state index contributed by atoms with van der Waals surface area (Å²) in [5.41, 5.74) is 1.38. The molecule has 0 spiro atoms. The third kappa shape index (κ3) is 5.75. The Kier molecular flexibility index (Phi) is 8.13. The number of rotatable bonds is 8. The van der Waals surface area contributed by atoms with Gasteiger partial charge in [0, 0.05) is 36.3 Å². The van der Waals surface area contributed by atoms with E-state index in [4.69, 9.17) is 4.74 Å². The van der Waals surface area contributed by atoms with Crippen LogP contribution in [0.4, 0.5) is 0 Å². The summed E-state index contributed by atoms with van der Waals surface area (Å²) in [4.78, 5) is 32.3. The van der Waals surface area contributed by atoms with E-state index in [0.717, 1.165) is 23.3 Å². The average Bonchev–Trinajstić information content (AvgIpc) is 2.81. The van der Waals surface area contributed by atoms with E-state index in [1.54, 1.807) is 19.4 Å². The molecule has 0 radical (unpaired) electrons. The smallest absolute Gasteiger partial charge is 0.252 e. The van der Waals surface area contributed by atoms with Crippen molar-refractivity contribution in [2.45, 2.75) is 49.6 Å². The second-order valence-electron chi connectivity index (χ2n) is 7.44. The van der Waals surface area contributed by atoms with E-state index in [2.05, 4.69) is 10.3 Å². The number of amides is 2. The molecule has 1 aliphatic rings. The minimum Gasteiger partial charge on any atom is -0.481 e. The summed E-state index contributed by atoms with van der Waals surface area (Å²) in [6.07, 6.45) is 7.48. The van der Waals surface area contributed by atoms with E-state index in [0.29, 0.717) is 29.8 Å². The van der Waals surface area contributed by atoms with Gasteiger partial charge in [-0.1, -0.05) is 37.5 Å². The highest BCUT2D eigenvalue weighted by Gasteiger charge is 2.22. The Balaban J connectivity index is 1.59. The molecule has 0 atom stereocenters. The van der Waals surface area contributed by atoms with Gasteiger partial charge >= 0.3 is 0 Å². The Morgan fingerprint density at radius 1 is 1.17 bits per heavy atom. The molecular weight excluding hydrogens is 398 g/mol. The summed E-state index contributed by atoms with van der Waals surface area (Å²) in [7, 11) is 3.46. The van der Waals surface area contributed by atoms with Crippen LogP contribution in [0.5, 0.6) is 5.88 Å². The van der Waals surface area contributed by atoms with Gasteiger partial charge in [-0.15, -0.1) is 11.8 Å². The van der Waals surface area contributed by atoms with Gasteiger partial charge in [-0.25, -0.2) is 4.98 Å². The van der Waals surface area contributed by atoms with Gasteiger partial charge in [0.2, 0.25) is 11.8 Å². The molecule has 3 rings (SSSR count). The molecule has 0 saturated heterocycles. The second-order valence-corrected chi connectivity index (χ2v) is 8.45. The van der Waals surface area contributed by atoms with Gasteiger partial charge in [0.25, 0.3) is 5.91 Å². The van der Waals surface area contributed by atoms with Crippen LogP contribution in [0.2, 0.25) is 0 Å². The fraction of sp³-hybridized carbons (Fsp3) is 0.435. The van der Waals surface area contributed by atoms with Gasteiger partial charge in [-0.3, -0.25) is 9.59 Å². The minimum atomic E-state index is -0.183. The predicted octanol–water partition coefficient (Wildman–Crippen LogP) is 3.90. The van der Waals surface area contributed by atoms with E-state index in [1.165, 1.54) is 31.0 Å². The molecule has 30 heavy (non-hydrogen) atoms. The molecule has 0 aliphatic heterocycles. The molecule has 160 valence electrons. The van der Waals surface area contributed by atoms with Gasteiger partial charge in [0.05, 0.1) is 18.4 Å². The number of hydrogen-bond acceptors (Lipinski definition) is 5. The van der Waals surface area contributed by atoms with E-state index < -0.39 is 0 Å². The Morgan fingerprint density at radius 2 is 1.93 bits per heavy atom. The number of thioether (sulfide) groups is 1. The molecule has 1 aliphatic carbocycles. The lowest BCUT2D eigenvalue weighted by Crippen LogP contribution is -2.39. The Hall–Kier alpha value is -2.54. The van der Waals surface area contributed by atoms with Crippen molar-refractivity contribution in [1.29, 1.82) is 0 Å². The Labute approximate surface area is 182 Å². The number of methoxy groups -OCH3 is 1. The third-order valence-corrected chi connectivity index (χ3v) is 6.54. The number of benzene rings is 1. The van der Waals surface area contributed by atoms with Crippen LogP contribution in [0.15, 0.2) is 47.5 Å². The lowest BCUT2D eigenvalue weighted by atomic mass is 9.94. The summed E-state index contributed by atoms with van der Waals surface area (Å²) in [5.74, 6) is 0.754.